The summed E-state index contributed by atoms with van der Waals surface area (Å²) in [6.07, 6.45) is 1.17. The van der Waals surface area contributed by atoms with E-state index in [1.807, 2.05) is 0 Å². The molecule has 0 aliphatic rings. The molecule has 13 heteroatoms. The number of benzene rings is 2. The van der Waals surface area contributed by atoms with Gasteiger partial charge in [-0.25, -0.2) is 13.8 Å². The number of halogens is 2. The summed E-state index contributed by atoms with van der Waals surface area (Å²) in [7, 11) is -1.57. The largest absolute Gasteiger partial charge is 0.490 e. The second kappa shape index (κ2) is 9.85. The SMILES string of the molecule is COc1ccc(C=NNC(=O)CN(C)S(=O)(=O)c2cc(Cl)ccc2Cl)cc1[N+](=O)[O-]. The maximum atomic E-state index is 12.6. The molecule has 0 aromatic heterocycles. The van der Waals surface area contributed by atoms with Crippen molar-refractivity contribution in [2.75, 3.05) is 20.7 Å². The van der Waals surface area contributed by atoms with E-state index in [4.69, 9.17) is 27.9 Å². The quantitative estimate of drug-likeness (QED) is 0.355. The Morgan fingerprint density at radius 3 is 2.63 bits per heavy atom. The number of likely N-dealkylation sites (N-methyl/N-ethyl adjacent to an activating group) is 1. The molecule has 0 fully saturated rings. The summed E-state index contributed by atoms with van der Waals surface area (Å²) in [6.45, 7) is -0.550. The van der Waals surface area contributed by atoms with Gasteiger partial charge in [0.1, 0.15) is 4.90 Å². The first-order chi connectivity index (χ1) is 14.1. The van der Waals surface area contributed by atoms with Gasteiger partial charge in [-0.15, -0.1) is 0 Å². The van der Waals surface area contributed by atoms with E-state index < -0.39 is 27.4 Å². The zero-order chi connectivity index (χ0) is 22.5. The minimum absolute atomic E-state index is 0.0363. The number of nitrogens with zero attached hydrogens (tertiary/aromatic N) is 3. The Balaban J connectivity index is 2.06. The molecule has 0 bridgehead atoms. The average Bonchev–Trinajstić information content (AvgIpc) is 2.69. The van der Waals surface area contributed by atoms with Crippen molar-refractivity contribution < 1.29 is 22.9 Å². The van der Waals surface area contributed by atoms with Gasteiger partial charge < -0.3 is 4.74 Å². The first kappa shape index (κ1) is 23.5. The summed E-state index contributed by atoms with van der Waals surface area (Å²) in [5.41, 5.74) is 2.21. The predicted molar refractivity (Wildman–Crippen MR) is 112 cm³/mol. The highest BCUT2D eigenvalue weighted by molar-refractivity contribution is 7.89. The molecule has 10 nitrogen and oxygen atoms in total. The Labute approximate surface area is 182 Å². The standard InChI is InChI=1S/C17H16Cl2N4O6S/c1-22(30(27,28)16-8-12(18)4-5-13(16)19)10-17(24)21-20-9-11-3-6-15(29-2)14(7-11)23(25)26/h3-9H,10H2,1-2H3,(H,21,24). The summed E-state index contributed by atoms with van der Waals surface area (Å²) >= 11 is 11.7. The van der Waals surface area contributed by atoms with Crippen LogP contribution in [-0.4, -0.2) is 50.5 Å². The number of carbonyl (C=O) groups excluding carboxylic acids is 1. The number of hydrogen-bond acceptors (Lipinski definition) is 7. The molecule has 2 aromatic rings. The first-order valence-electron chi connectivity index (χ1n) is 8.12. The van der Waals surface area contributed by atoms with Gasteiger partial charge in [0, 0.05) is 23.7 Å². The van der Waals surface area contributed by atoms with Gasteiger partial charge in [-0.2, -0.15) is 9.41 Å². The van der Waals surface area contributed by atoms with Crippen molar-refractivity contribution >= 4 is 51.0 Å². The highest BCUT2D eigenvalue weighted by Gasteiger charge is 2.25. The Morgan fingerprint density at radius 1 is 1.30 bits per heavy atom. The first-order valence-corrected chi connectivity index (χ1v) is 10.3. The molecule has 1 N–H and O–H groups in total. The van der Waals surface area contributed by atoms with Crippen LogP contribution in [0.3, 0.4) is 0 Å². The van der Waals surface area contributed by atoms with Crippen molar-refractivity contribution in [3.63, 3.8) is 0 Å². The Morgan fingerprint density at radius 2 is 2.00 bits per heavy atom. The van der Waals surface area contributed by atoms with E-state index in [0.29, 0.717) is 5.56 Å². The van der Waals surface area contributed by atoms with Crippen LogP contribution in [-0.2, 0) is 14.8 Å². The minimum atomic E-state index is -4.07. The van der Waals surface area contributed by atoms with Crippen molar-refractivity contribution in [2.45, 2.75) is 4.90 Å². The van der Waals surface area contributed by atoms with Gasteiger partial charge >= 0.3 is 5.69 Å². The maximum absolute atomic E-state index is 12.6. The average molecular weight is 475 g/mol. The lowest BCUT2D eigenvalue weighted by Crippen LogP contribution is -2.36. The summed E-state index contributed by atoms with van der Waals surface area (Å²) < 4.78 is 30.9. The van der Waals surface area contributed by atoms with Gasteiger partial charge in [0.25, 0.3) is 5.91 Å². The van der Waals surface area contributed by atoms with Crippen molar-refractivity contribution in [1.29, 1.82) is 0 Å². The number of hydrazone groups is 1. The highest BCUT2D eigenvalue weighted by atomic mass is 35.5. The fourth-order valence-electron chi connectivity index (χ4n) is 2.27. The number of nitro groups is 1. The molecule has 0 heterocycles. The molecule has 0 unspecified atom stereocenters. The molecule has 0 aliphatic carbocycles. The number of methoxy groups -OCH3 is 1. The van der Waals surface area contributed by atoms with E-state index >= 15 is 0 Å². The minimum Gasteiger partial charge on any atom is -0.490 e. The molecule has 1 amide bonds. The van der Waals surface area contributed by atoms with Crippen molar-refractivity contribution in [1.82, 2.24) is 9.73 Å². The van der Waals surface area contributed by atoms with Crippen LogP contribution in [0.4, 0.5) is 5.69 Å². The smallest absolute Gasteiger partial charge is 0.311 e. The van der Waals surface area contributed by atoms with Gasteiger partial charge in [-0.05, 0) is 30.3 Å². The van der Waals surface area contributed by atoms with Crippen LogP contribution >= 0.6 is 23.2 Å². The lowest BCUT2D eigenvalue weighted by Gasteiger charge is -2.17. The lowest BCUT2D eigenvalue weighted by atomic mass is 10.2. The van der Waals surface area contributed by atoms with E-state index in [2.05, 4.69) is 10.5 Å². The molecule has 0 radical (unpaired) electrons. The van der Waals surface area contributed by atoms with Crippen molar-refractivity contribution in [3.8, 4) is 5.75 Å². The number of rotatable bonds is 8. The zero-order valence-electron chi connectivity index (χ0n) is 15.7. The number of nitrogens with one attached hydrogen (secondary N) is 1. The summed E-state index contributed by atoms with van der Waals surface area (Å²) in [4.78, 5) is 22.2. The monoisotopic (exact) mass is 474 g/mol. The lowest BCUT2D eigenvalue weighted by molar-refractivity contribution is -0.385. The Kier molecular flexibility index (Phi) is 7.73. The van der Waals surface area contributed by atoms with Crippen LogP contribution in [0.2, 0.25) is 10.0 Å². The van der Waals surface area contributed by atoms with E-state index in [0.717, 1.165) is 4.31 Å². The molecular weight excluding hydrogens is 459 g/mol. The Hall–Kier alpha value is -2.73. The third-order valence-corrected chi connectivity index (χ3v) is 6.27. The van der Waals surface area contributed by atoms with E-state index in [1.165, 1.54) is 56.8 Å². The van der Waals surface area contributed by atoms with Gasteiger partial charge in [-0.3, -0.25) is 14.9 Å². The third kappa shape index (κ3) is 5.66. The van der Waals surface area contributed by atoms with E-state index in [-0.39, 0.29) is 26.4 Å². The van der Waals surface area contributed by atoms with Crippen molar-refractivity contribution in [2.24, 2.45) is 5.10 Å². The van der Waals surface area contributed by atoms with E-state index in [9.17, 15) is 23.3 Å². The van der Waals surface area contributed by atoms with E-state index in [1.54, 1.807) is 0 Å². The predicted octanol–water partition coefficient (Wildman–Crippen LogP) is 2.68. The molecule has 0 saturated carbocycles. The normalized spacial score (nSPS) is 11.6. The second-order valence-electron chi connectivity index (χ2n) is 5.82. The number of nitro benzene ring substituents is 1. The molecule has 0 aliphatic heterocycles. The van der Waals surface area contributed by atoms with Crippen LogP contribution in [0.1, 0.15) is 5.56 Å². The van der Waals surface area contributed by atoms with Crippen LogP contribution in [0, 0.1) is 10.1 Å². The van der Waals surface area contributed by atoms with Gasteiger partial charge in [-0.1, -0.05) is 23.2 Å². The number of carbonyl (C=O) groups is 1. The number of ether oxygens (including phenoxy) is 1. The summed E-state index contributed by atoms with van der Waals surface area (Å²) in [5, 5.41) is 14.8. The van der Waals surface area contributed by atoms with Gasteiger partial charge in [0.05, 0.1) is 29.8 Å². The van der Waals surface area contributed by atoms with Gasteiger partial charge in [0.2, 0.25) is 10.0 Å². The molecular formula is C17H16Cl2N4O6S. The molecule has 2 rings (SSSR count). The number of amides is 1. The fraction of sp³-hybridized carbons (Fsp3) is 0.176. The summed E-state index contributed by atoms with van der Waals surface area (Å²) in [6, 6.07) is 8.06. The fourth-order valence-corrected chi connectivity index (χ4v) is 4.13. The molecule has 2 aromatic carbocycles. The maximum Gasteiger partial charge on any atom is 0.311 e. The summed E-state index contributed by atoms with van der Waals surface area (Å²) in [5.74, 6) is -0.661. The van der Waals surface area contributed by atoms with Crippen LogP contribution in [0.5, 0.6) is 5.75 Å². The second-order valence-corrected chi connectivity index (χ2v) is 8.67. The highest BCUT2D eigenvalue weighted by Crippen LogP contribution is 2.28. The Bertz CT molecular complexity index is 1110. The van der Waals surface area contributed by atoms with Gasteiger partial charge in [0.15, 0.2) is 5.75 Å². The number of hydrogen-bond donors (Lipinski definition) is 1. The molecule has 30 heavy (non-hydrogen) atoms. The molecule has 160 valence electrons. The topological polar surface area (TPSA) is 131 Å². The van der Waals surface area contributed by atoms with Crippen molar-refractivity contribution in [3.05, 3.63) is 62.1 Å². The van der Waals surface area contributed by atoms with Crippen LogP contribution in [0.25, 0.3) is 0 Å². The molecule has 0 saturated heterocycles. The zero-order valence-corrected chi connectivity index (χ0v) is 18.0. The number of sulfonamides is 1. The molecule has 0 atom stereocenters. The van der Waals surface area contributed by atoms with Crippen LogP contribution in [0.15, 0.2) is 46.4 Å². The third-order valence-electron chi connectivity index (χ3n) is 3.75. The molecule has 0 spiro atoms. The van der Waals surface area contributed by atoms with Crippen LogP contribution < -0.4 is 10.2 Å².